The van der Waals surface area contributed by atoms with E-state index in [4.69, 9.17) is 11.6 Å². The maximum Gasteiger partial charge on any atom is 0.107 e. The molecule has 0 bridgehead atoms. The van der Waals surface area contributed by atoms with Gasteiger partial charge in [0.25, 0.3) is 0 Å². The second-order valence-electron chi connectivity index (χ2n) is 6.45. The SMILES string of the molecule is Clc1ccc2nc(CCCCCC3CCCCC3)[nH]c2c1. The van der Waals surface area contributed by atoms with Crippen molar-refractivity contribution in [3.05, 3.63) is 29.0 Å². The summed E-state index contributed by atoms with van der Waals surface area (Å²) in [6, 6.07) is 5.84. The van der Waals surface area contributed by atoms with E-state index in [1.165, 1.54) is 57.8 Å². The summed E-state index contributed by atoms with van der Waals surface area (Å²) in [7, 11) is 0. The van der Waals surface area contributed by atoms with Crippen LogP contribution in [-0.2, 0) is 6.42 Å². The molecule has 1 saturated carbocycles. The summed E-state index contributed by atoms with van der Waals surface area (Å²) in [6.07, 6.45) is 13.8. The lowest BCUT2D eigenvalue weighted by atomic mass is 9.85. The van der Waals surface area contributed by atoms with Gasteiger partial charge in [-0.25, -0.2) is 4.98 Å². The highest BCUT2D eigenvalue weighted by molar-refractivity contribution is 6.31. The molecule has 2 nitrogen and oxygen atoms in total. The fourth-order valence-corrected chi connectivity index (χ4v) is 3.70. The van der Waals surface area contributed by atoms with Gasteiger partial charge in [0, 0.05) is 11.4 Å². The molecule has 0 aliphatic heterocycles. The number of rotatable bonds is 6. The predicted octanol–water partition coefficient (Wildman–Crippen LogP) is 5.90. The molecule has 0 unspecified atom stereocenters. The number of H-pyrrole nitrogens is 1. The van der Waals surface area contributed by atoms with Gasteiger partial charge >= 0.3 is 0 Å². The zero-order valence-corrected chi connectivity index (χ0v) is 13.5. The Morgan fingerprint density at radius 1 is 1.10 bits per heavy atom. The van der Waals surface area contributed by atoms with Crippen LogP contribution < -0.4 is 0 Å². The lowest BCUT2D eigenvalue weighted by molar-refractivity contribution is 0.328. The van der Waals surface area contributed by atoms with Gasteiger partial charge in [-0.05, 0) is 30.5 Å². The van der Waals surface area contributed by atoms with Gasteiger partial charge in [-0.1, -0.05) is 63.0 Å². The van der Waals surface area contributed by atoms with E-state index in [0.717, 1.165) is 34.2 Å². The number of hydrogen-bond donors (Lipinski definition) is 1. The number of fused-ring (bicyclic) bond motifs is 1. The van der Waals surface area contributed by atoms with Gasteiger partial charge in [-0.15, -0.1) is 0 Å². The smallest absolute Gasteiger partial charge is 0.107 e. The van der Waals surface area contributed by atoms with Crippen molar-refractivity contribution >= 4 is 22.6 Å². The van der Waals surface area contributed by atoms with E-state index in [-0.39, 0.29) is 0 Å². The molecule has 1 N–H and O–H groups in total. The van der Waals surface area contributed by atoms with Gasteiger partial charge in [-0.3, -0.25) is 0 Å². The first kappa shape index (κ1) is 14.9. The quantitative estimate of drug-likeness (QED) is 0.661. The third-order valence-electron chi connectivity index (χ3n) is 4.74. The molecule has 1 fully saturated rings. The first-order valence-corrected chi connectivity index (χ1v) is 8.83. The minimum atomic E-state index is 0.769. The van der Waals surface area contributed by atoms with Gasteiger partial charge in [0.05, 0.1) is 11.0 Å². The Balaban J connectivity index is 1.40. The lowest BCUT2D eigenvalue weighted by Gasteiger charge is -2.21. The Labute approximate surface area is 132 Å². The number of aryl methyl sites for hydroxylation is 1. The zero-order chi connectivity index (χ0) is 14.5. The van der Waals surface area contributed by atoms with Crippen LogP contribution in [0.2, 0.25) is 5.02 Å². The average molecular weight is 305 g/mol. The molecule has 1 aromatic carbocycles. The molecule has 1 heterocycles. The molecule has 0 saturated heterocycles. The highest BCUT2D eigenvalue weighted by Crippen LogP contribution is 2.28. The van der Waals surface area contributed by atoms with E-state index in [0.29, 0.717) is 0 Å². The Hall–Kier alpha value is -1.02. The van der Waals surface area contributed by atoms with Crippen molar-refractivity contribution in [3.63, 3.8) is 0 Å². The van der Waals surface area contributed by atoms with E-state index >= 15 is 0 Å². The fourth-order valence-electron chi connectivity index (χ4n) is 3.53. The number of imidazole rings is 1. The molecule has 1 aromatic heterocycles. The van der Waals surface area contributed by atoms with Crippen LogP contribution in [0.5, 0.6) is 0 Å². The molecular formula is C18H25ClN2. The maximum absolute atomic E-state index is 6.00. The van der Waals surface area contributed by atoms with E-state index in [2.05, 4.69) is 9.97 Å². The Morgan fingerprint density at radius 2 is 1.95 bits per heavy atom. The number of benzene rings is 1. The molecule has 0 radical (unpaired) electrons. The summed E-state index contributed by atoms with van der Waals surface area (Å²) in [4.78, 5) is 8.01. The van der Waals surface area contributed by atoms with Crippen LogP contribution in [0.15, 0.2) is 18.2 Å². The molecule has 1 aliphatic rings. The molecule has 3 rings (SSSR count). The van der Waals surface area contributed by atoms with Crippen LogP contribution >= 0.6 is 11.6 Å². The van der Waals surface area contributed by atoms with Crippen LogP contribution in [0.25, 0.3) is 11.0 Å². The third kappa shape index (κ3) is 4.23. The molecule has 3 heteroatoms. The lowest BCUT2D eigenvalue weighted by Crippen LogP contribution is -2.05. The van der Waals surface area contributed by atoms with Crippen LogP contribution in [-0.4, -0.2) is 9.97 Å². The van der Waals surface area contributed by atoms with E-state index in [9.17, 15) is 0 Å². The highest BCUT2D eigenvalue weighted by atomic mass is 35.5. The molecular weight excluding hydrogens is 280 g/mol. The Morgan fingerprint density at radius 3 is 2.81 bits per heavy atom. The van der Waals surface area contributed by atoms with Crippen LogP contribution in [0.1, 0.15) is 63.6 Å². The molecule has 1 aliphatic carbocycles. The first-order chi connectivity index (χ1) is 10.3. The molecule has 21 heavy (non-hydrogen) atoms. The molecule has 114 valence electrons. The van der Waals surface area contributed by atoms with Gasteiger partial charge in [0.1, 0.15) is 5.82 Å². The van der Waals surface area contributed by atoms with Crippen molar-refractivity contribution in [2.45, 2.75) is 64.2 Å². The normalized spacial score (nSPS) is 16.6. The standard InChI is InChI=1S/C18H25ClN2/c19-15-11-12-16-17(13-15)21-18(20-16)10-6-2-5-9-14-7-3-1-4-8-14/h11-14H,1-10H2,(H,20,21). The predicted molar refractivity (Wildman–Crippen MR) is 89.9 cm³/mol. The topological polar surface area (TPSA) is 28.7 Å². The second-order valence-corrected chi connectivity index (χ2v) is 6.88. The number of hydrogen-bond acceptors (Lipinski definition) is 1. The first-order valence-electron chi connectivity index (χ1n) is 8.45. The summed E-state index contributed by atoms with van der Waals surface area (Å²) in [6.45, 7) is 0. The van der Waals surface area contributed by atoms with Gasteiger partial charge in [0.2, 0.25) is 0 Å². The molecule has 2 aromatic rings. The van der Waals surface area contributed by atoms with Crippen molar-refractivity contribution in [3.8, 4) is 0 Å². The van der Waals surface area contributed by atoms with Gasteiger partial charge in [0.15, 0.2) is 0 Å². The fraction of sp³-hybridized carbons (Fsp3) is 0.611. The summed E-state index contributed by atoms with van der Waals surface area (Å²) in [5, 5.41) is 0.769. The van der Waals surface area contributed by atoms with Gasteiger partial charge < -0.3 is 4.98 Å². The Kier molecular flexibility index (Phi) is 5.18. The minimum Gasteiger partial charge on any atom is -0.342 e. The van der Waals surface area contributed by atoms with E-state index in [1.54, 1.807) is 0 Å². The van der Waals surface area contributed by atoms with E-state index < -0.39 is 0 Å². The van der Waals surface area contributed by atoms with Gasteiger partial charge in [-0.2, -0.15) is 0 Å². The number of aromatic amines is 1. The third-order valence-corrected chi connectivity index (χ3v) is 4.98. The number of nitrogens with zero attached hydrogens (tertiary/aromatic N) is 1. The summed E-state index contributed by atoms with van der Waals surface area (Å²) >= 11 is 6.00. The maximum atomic E-state index is 6.00. The van der Waals surface area contributed by atoms with Crippen LogP contribution in [0.3, 0.4) is 0 Å². The number of aromatic nitrogens is 2. The Bertz CT molecular complexity index is 570. The second kappa shape index (κ2) is 7.31. The van der Waals surface area contributed by atoms with Crippen molar-refractivity contribution in [2.75, 3.05) is 0 Å². The zero-order valence-electron chi connectivity index (χ0n) is 12.7. The summed E-state index contributed by atoms with van der Waals surface area (Å²) in [5.74, 6) is 2.12. The van der Waals surface area contributed by atoms with E-state index in [1.807, 2.05) is 18.2 Å². The van der Waals surface area contributed by atoms with Crippen LogP contribution in [0, 0.1) is 5.92 Å². The number of halogens is 1. The summed E-state index contributed by atoms with van der Waals surface area (Å²) in [5.41, 5.74) is 2.08. The number of nitrogens with one attached hydrogen (secondary N) is 1. The van der Waals surface area contributed by atoms with Crippen LogP contribution in [0.4, 0.5) is 0 Å². The van der Waals surface area contributed by atoms with Crippen molar-refractivity contribution in [1.29, 1.82) is 0 Å². The average Bonchev–Trinajstić information content (AvgIpc) is 2.90. The molecule has 0 spiro atoms. The largest absolute Gasteiger partial charge is 0.342 e. The van der Waals surface area contributed by atoms with Crippen molar-refractivity contribution < 1.29 is 0 Å². The minimum absolute atomic E-state index is 0.769. The molecule has 0 amide bonds. The number of unbranched alkanes of at least 4 members (excludes halogenated alkanes) is 2. The summed E-state index contributed by atoms with van der Waals surface area (Å²) < 4.78 is 0. The molecule has 0 atom stereocenters. The van der Waals surface area contributed by atoms with Crippen molar-refractivity contribution in [1.82, 2.24) is 9.97 Å². The van der Waals surface area contributed by atoms with Crippen molar-refractivity contribution in [2.24, 2.45) is 5.92 Å². The monoisotopic (exact) mass is 304 g/mol. The highest BCUT2D eigenvalue weighted by Gasteiger charge is 2.12.